The molecule has 3 heterocycles. The Bertz CT molecular complexity index is 1310. The summed E-state index contributed by atoms with van der Waals surface area (Å²) in [5.74, 6) is 0.144. The fourth-order valence-corrected chi connectivity index (χ4v) is 3.32. The molecule has 0 aliphatic heterocycles. The van der Waals surface area contributed by atoms with Crippen molar-refractivity contribution in [2.45, 2.75) is 32.9 Å². The quantitative estimate of drug-likeness (QED) is 0.561. The first-order valence-corrected chi connectivity index (χ1v) is 9.37. The van der Waals surface area contributed by atoms with Crippen molar-refractivity contribution in [2.24, 2.45) is 7.05 Å². The van der Waals surface area contributed by atoms with Crippen LogP contribution in [0.1, 0.15) is 31.9 Å². The number of H-pyrrole nitrogens is 1. The molecule has 3 aromatic heterocycles. The third-order valence-electron chi connectivity index (χ3n) is 5.10. The van der Waals surface area contributed by atoms with Crippen LogP contribution in [0.2, 0.25) is 0 Å². The zero-order chi connectivity index (χ0) is 20.7. The molecule has 0 saturated carbocycles. The van der Waals surface area contributed by atoms with Crippen LogP contribution in [0.4, 0.5) is 4.39 Å². The van der Waals surface area contributed by atoms with Gasteiger partial charge in [0.1, 0.15) is 17.2 Å². The molecule has 29 heavy (non-hydrogen) atoms. The molecule has 0 amide bonds. The van der Waals surface area contributed by atoms with E-state index in [4.69, 9.17) is 0 Å². The van der Waals surface area contributed by atoms with E-state index in [1.165, 1.54) is 21.3 Å². The van der Waals surface area contributed by atoms with Crippen molar-refractivity contribution in [3.05, 3.63) is 68.9 Å². The molecule has 1 atom stereocenters. The molecule has 0 spiro atoms. The molecule has 150 valence electrons. The summed E-state index contributed by atoms with van der Waals surface area (Å²) in [5.41, 5.74) is 1.25. The zero-order valence-electron chi connectivity index (χ0n) is 16.4. The fraction of sp³-hybridized carbons (Fsp3) is 0.300. The molecule has 4 rings (SSSR count). The van der Waals surface area contributed by atoms with E-state index in [9.17, 15) is 14.0 Å². The molecule has 1 N–H and O–H groups in total. The smallest absolute Gasteiger partial charge is 0.332 e. The van der Waals surface area contributed by atoms with Gasteiger partial charge in [0.2, 0.25) is 0 Å². The highest BCUT2D eigenvalue weighted by Crippen LogP contribution is 2.18. The SMILES string of the molecule is CCC(C)n1c(=O)c2[nH]c(-c3cnn(Cc4cccc(F)c4)c3)nc2n(C)c1=O. The number of benzene rings is 1. The molecule has 0 saturated heterocycles. The number of fused-ring (bicyclic) bond motifs is 1. The summed E-state index contributed by atoms with van der Waals surface area (Å²) in [4.78, 5) is 32.9. The number of aromatic nitrogens is 6. The van der Waals surface area contributed by atoms with Crippen molar-refractivity contribution in [3.63, 3.8) is 0 Å². The van der Waals surface area contributed by atoms with Crippen molar-refractivity contribution in [1.29, 1.82) is 0 Å². The third kappa shape index (κ3) is 3.28. The number of hydrogen-bond donors (Lipinski definition) is 1. The van der Waals surface area contributed by atoms with Gasteiger partial charge in [-0.25, -0.2) is 14.2 Å². The van der Waals surface area contributed by atoms with E-state index in [-0.39, 0.29) is 22.9 Å². The monoisotopic (exact) mass is 396 g/mol. The third-order valence-corrected chi connectivity index (χ3v) is 5.10. The lowest BCUT2D eigenvalue weighted by Gasteiger charge is -2.13. The maximum absolute atomic E-state index is 13.4. The van der Waals surface area contributed by atoms with Crippen LogP contribution in [0.5, 0.6) is 0 Å². The van der Waals surface area contributed by atoms with Gasteiger partial charge in [0.05, 0.1) is 18.3 Å². The minimum atomic E-state index is -0.392. The molecule has 0 bridgehead atoms. The molecule has 9 heteroatoms. The summed E-state index contributed by atoms with van der Waals surface area (Å²) in [6.07, 6.45) is 4.03. The average Bonchev–Trinajstić information content (AvgIpc) is 3.33. The van der Waals surface area contributed by atoms with Gasteiger partial charge in [-0.05, 0) is 31.0 Å². The number of aryl methyl sites for hydroxylation is 1. The number of hydrogen-bond acceptors (Lipinski definition) is 4. The van der Waals surface area contributed by atoms with E-state index in [0.29, 0.717) is 30.0 Å². The number of aromatic amines is 1. The Hall–Kier alpha value is -3.49. The van der Waals surface area contributed by atoms with Crippen LogP contribution in [0.25, 0.3) is 22.6 Å². The minimum Gasteiger partial charge on any atom is -0.332 e. The maximum atomic E-state index is 13.4. The lowest BCUT2D eigenvalue weighted by molar-refractivity contribution is 0.480. The second-order valence-corrected chi connectivity index (χ2v) is 7.11. The fourth-order valence-electron chi connectivity index (χ4n) is 3.32. The normalized spacial score (nSPS) is 12.6. The van der Waals surface area contributed by atoms with Gasteiger partial charge in [-0.3, -0.25) is 18.6 Å². The number of nitrogens with zero attached hydrogens (tertiary/aromatic N) is 5. The van der Waals surface area contributed by atoms with Crippen LogP contribution < -0.4 is 11.2 Å². The first kappa shape index (κ1) is 18.9. The highest BCUT2D eigenvalue weighted by Gasteiger charge is 2.19. The lowest BCUT2D eigenvalue weighted by Crippen LogP contribution is -2.40. The van der Waals surface area contributed by atoms with Gasteiger partial charge in [-0.2, -0.15) is 5.10 Å². The van der Waals surface area contributed by atoms with E-state index < -0.39 is 5.69 Å². The Morgan fingerprint density at radius 3 is 2.79 bits per heavy atom. The van der Waals surface area contributed by atoms with E-state index in [1.54, 1.807) is 30.2 Å². The summed E-state index contributed by atoms with van der Waals surface area (Å²) >= 11 is 0. The Balaban J connectivity index is 1.75. The summed E-state index contributed by atoms with van der Waals surface area (Å²) in [6.45, 7) is 4.16. The Morgan fingerprint density at radius 2 is 2.07 bits per heavy atom. The summed E-state index contributed by atoms with van der Waals surface area (Å²) in [5, 5.41) is 4.29. The second-order valence-electron chi connectivity index (χ2n) is 7.11. The van der Waals surface area contributed by atoms with E-state index in [2.05, 4.69) is 15.1 Å². The van der Waals surface area contributed by atoms with E-state index >= 15 is 0 Å². The molecule has 1 aromatic carbocycles. The highest BCUT2D eigenvalue weighted by atomic mass is 19.1. The first-order chi connectivity index (χ1) is 13.9. The predicted octanol–water partition coefficient (Wildman–Crippen LogP) is 2.45. The lowest BCUT2D eigenvalue weighted by atomic mass is 10.2. The number of nitrogens with one attached hydrogen (secondary N) is 1. The first-order valence-electron chi connectivity index (χ1n) is 9.37. The predicted molar refractivity (Wildman–Crippen MR) is 107 cm³/mol. The van der Waals surface area contributed by atoms with Gasteiger partial charge >= 0.3 is 5.69 Å². The molecular weight excluding hydrogens is 375 g/mol. The van der Waals surface area contributed by atoms with Crippen molar-refractivity contribution in [3.8, 4) is 11.4 Å². The highest BCUT2D eigenvalue weighted by molar-refractivity contribution is 5.75. The van der Waals surface area contributed by atoms with E-state index in [0.717, 1.165) is 5.56 Å². The molecule has 1 unspecified atom stereocenters. The molecule has 8 nitrogen and oxygen atoms in total. The number of imidazole rings is 1. The summed E-state index contributed by atoms with van der Waals surface area (Å²) in [7, 11) is 1.60. The zero-order valence-corrected chi connectivity index (χ0v) is 16.4. The topological polar surface area (TPSA) is 90.5 Å². The molecule has 0 aliphatic rings. The van der Waals surface area contributed by atoms with Gasteiger partial charge in [-0.1, -0.05) is 19.1 Å². The van der Waals surface area contributed by atoms with Gasteiger partial charge in [-0.15, -0.1) is 0 Å². The summed E-state index contributed by atoms with van der Waals surface area (Å²) in [6, 6.07) is 6.10. The summed E-state index contributed by atoms with van der Waals surface area (Å²) < 4.78 is 17.7. The van der Waals surface area contributed by atoms with Crippen LogP contribution in [0.3, 0.4) is 0 Å². The second kappa shape index (κ2) is 7.16. The molecule has 0 fully saturated rings. The average molecular weight is 396 g/mol. The van der Waals surface area contributed by atoms with E-state index in [1.807, 2.05) is 19.9 Å². The van der Waals surface area contributed by atoms with Crippen LogP contribution in [0, 0.1) is 5.82 Å². The van der Waals surface area contributed by atoms with Crippen molar-refractivity contribution < 1.29 is 4.39 Å². The van der Waals surface area contributed by atoms with Gasteiger partial charge in [0.25, 0.3) is 5.56 Å². The Labute approximate surface area is 165 Å². The van der Waals surface area contributed by atoms with Crippen molar-refractivity contribution >= 4 is 11.2 Å². The van der Waals surface area contributed by atoms with Crippen LogP contribution in [-0.2, 0) is 13.6 Å². The Kier molecular flexibility index (Phi) is 4.65. The van der Waals surface area contributed by atoms with Gasteiger partial charge < -0.3 is 4.98 Å². The number of rotatable bonds is 5. The standard InChI is InChI=1S/C20H21FN6O2/c1-4-12(2)27-19(28)16-18(25(3)20(27)29)24-17(23-16)14-9-22-26(11-14)10-13-6-5-7-15(21)8-13/h5-9,11-12H,4,10H2,1-3H3,(H,23,24). The van der Waals surface area contributed by atoms with Crippen molar-refractivity contribution in [1.82, 2.24) is 28.9 Å². The van der Waals surface area contributed by atoms with Crippen LogP contribution in [-0.4, -0.2) is 28.9 Å². The molecule has 0 aliphatic carbocycles. The molecular formula is C20H21FN6O2. The largest absolute Gasteiger partial charge is 0.332 e. The van der Waals surface area contributed by atoms with Crippen LogP contribution in [0.15, 0.2) is 46.2 Å². The van der Waals surface area contributed by atoms with Crippen LogP contribution >= 0.6 is 0 Å². The number of halogens is 1. The van der Waals surface area contributed by atoms with Gasteiger partial charge in [0, 0.05) is 19.3 Å². The molecule has 4 aromatic rings. The molecule has 0 radical (unpaired) electrons. The van der Waals surface area contributed by atoms with Crippen molar-refractivity contribution in [2.75, 3.05) is 0 Å². The van der Waals surface area contributed by atoms with Gasteiger partial charge in [0.15, 0.2) is 5.65 Å². The maximum Gasteiger partial charge on any atom is 0.332 e. The minimum absolute atomic E-state index is 0.216. The Morgan fingerprint density at radius 1 is 1.28 bits per heavy atom.